The zero-order valence-electron chi connectivity index (χ0n) is 24.3. The zero-order chi connectivity index (χ0) is 29.0. The molecule has 4 rings (SSSR count). The molecule has 1 N–H and O–H groups in total. The molecule has 0 saturated carbocycles. The van der Waals surface area contributed by atoms with E-state index < -0.39 is 22.9 Å². The van der Waals surface area contributed by atoms with Crippen LogP contribution in [0.2, 0.25) is 0 Å². The Bertz CT molecular complexity index is 1490. The Morgan fingerprint density at radius 1 is 1.15 bits per heavy atom. The Labute approximate surface area is 234 Å². The fraction of sp³-hybridized carbons (Fsp3) is 0.517. The average molecular weight is 553 g/mol. The van der Waals surface area contributed by atoms with Gasteiger partial charge in [-0.25, -0.2) is 9.59 Å². The summed E-state index contributed by atoms with van der Waals surface area (Å²) in [6.45, 7) is 11.4. The zero-order valence-corrected chi connectivity index (χ0v) is 24.3. The number of hydrogen-bond donors (Lipinski definition) is 1. The van der Waals surface area contributed by atoms with E-state index in [2.05, 4.69) is 10.2 Å². The lowest BCUT2D eigenvalue weighted by atomic mass is 10.1. The molecule has 2 aromatic heterocycles. The topological polar surface area (TPSA) is 113 Å². The van der Waals surface area contributed by atoms with Crippen molar-refractivity contribution >= 4 is 23.2 Å². The van der Waals surface area contributed by atoms with Crippen molar-refractivity contribution in [3.8, 4) is 5.75 Å². The number of para-hydroxylation sites is 1. The van der Waals surface area contributed by atoms with Gasteiger partial charge in [0.2, 0.25) is 5.95 Å². The third-order valence-electron chi connectivity index (χ3n) is 6.65. The number of nitrogens with one attached hydrogen (secondary N) is 1. The predicted octanol–water partition coefficient (Wildman–Crippen LogP) is 3.44. The highest BCUT2D eigenvalue weighted by Crippen LogP contribution is 2.24. The lowest BCUT2D eigenvalue weighted by Crippen LogP contribution is -2.49. The van der Waals surface area contributed by atoms with Gasteiger partial charge in [-0.05, 0) is 59.6 Å². The molecule has 1 aliphatic rings. The van der Waals surface area contributed by atoms with Crippen molar-refractivity contribution in [2.24, 2.45) is 7.05 Å². The van der Waals surface area contributed by atoms with Crippen molar-refractivity contribution < 1.29 is 14.3 Å². The first-order chi connectivity index (χ1) is 18.9. The van der Waals surface area contributed by atoms with Crippen LogP contribution in [-0.4, -0.2) is 56.1 Å². The summed E-state index contributed by atoms with van der Waals surface area (Å²) in [5.41, 5.74) is 0.336. The number of anilines is 1. The summed E-state index contributed by atoms with van der Waals surface area (Å²) in [5, 5.41) is 2.97. The number of aryl methyl sites for hydroxylation is 1. The van der Waals surface area contributed by atoms with Gasteiger partial charge in [0.1, 0.15) is 18.0 Å². The van der Waals surface area contributed by atoms with Crippen molar-refractivity contribution in [3.05, 3.63) is 62.8 Å². The van der Waals surface area contributed by atoms with Crippen molar-refractivity contribution in [1.29, 1.82) is 0 Å². The Hall–Kier alpha value is -4.02. The second kappa shape index (κ2) is 12.0. The van der Waals surface area contributed by atoms with Crippen LogP contribution in [0, 0.1) is 0 Å². The first-order valence-corrected chi connectivity index (χ1v) is 13.7. The smallest absolute Gasteiger partial charge is 0.407 e. The minimum absolute atomic E-state index is 0.102. The second-order valence-electron chi connectivity index (χ2n) is 11.4. The van der Waals surface area contributed by atoms with Crippen LogP contribution in [0.15, 0.2) is 51.6 Å². The highest BCUT2D eigenvalue weighted by molar-refractivity contribution is 5.75. The molecule has 3 aromatic rings. The number of hydrogen-bond acceptors (Lipinski definition) is 7. The number of nitrogens with zero attached hydrogens (tertiary/aromatic N) is 5. The van der Waals surface area contributed by atoms with E-state index in [9.17, 15) is 14.4 Å². The maximum absolute atomic E-state index is 13.8. The molecule has 1 saturated heterocycles. The number of ether oxygens (including phenoxy) is 2. The first-order valence-electron chi connectivity index (χ1n) is 13.7. The van der Waals surface area contributed by atoms with Crippen LogP contribution < -0.4 is 26.2 Å². The summed E-state index contributed by atoms with van der Waals surface area (Å²) in [7, 11) is 1.63. The molecule has 11 heteroatoms. The van der Waals surface area contributed by atoms with Crippen molar-refractivity contribution in [1.82, 2.24) is 24.0 Å². The number of carbonyl (C=O) groups excluding carboxylic acids is 1. The molecule has 1 amide bonds. The fourth-order valence-corrected chi connectivity index (χ4v) is 4.77. The van der Waals surface area contributed by atoms with E-state index >= 15 is 0 Å². The van der Waals surface area contributed by atoms with Gasteiger partial charge >= 0.3 is 11.8 Å². The summed E-state index contributed by atoms with van der Waals surface area (Å²) in [6, 6.07) is 9.14. The van der Waals surface area contributed by atoms with Crippen LogP contribution in [0.5, 0.6) is 5.75 Å². The predicted molar refractivity (Wildman–Crippen MR) is 155 cm³/mol. The molecule has 40 heavy (non-hydrogen) atoms. The third-order valence-corrected chi connectivity index (χ3v) is 6.65. The van der Waals surface area contributed by atoms with E-state index in [0.29, 0.717) is 42.5 Å². The number of alkyl carbamates (subject to hydrolysis) is 1. The summed E-state index contributed by atoms with van der Waals surface area (Å²) in [5.74, 6) is 1.26. The maximum Gasteiger partial charge on any atom is 0.407 e. The number of rotatable bonds is 8. The molecule has 1 fully saturated rings. The Morgan fingerprint density at radius 3 is 2.55 bits per heavy atom. The minimum atomic E-state index is -0.590. The molecule has 216 valence electrons. The number of imidazole rings is 1. The highest BCUT2D eigenvalue weighted by Gasteiger charge is 2.29. The fourth-order valence-electron chi connectivity index (χ4n) is 4.77. The van der Waals surface area contributed by atoms with Gasteiger partial charge in [0.25, 0.3) is 5.56 Å². The standard InChI is InChI=1S/C29H40N6O5/c1-20(2)14-16-34-23-24(31-26(34)33-15-10-11-21(19-33)30-27(37)40-29(3,4)5)32(6)28(38)35(25(23)36)17-18-39-22-12-8-7-9-13-22/h7-9,12-14,21H,10-11,15-19H2,1-6H3,(H,30,37). The number of fused-ring (bicyclic) bond motifs is 1. The Kier molecular flexibility index (Phi) is 8.70. The lowest BCUT2D eigenvalue weighted by Gasteiger charge is -2.34. The number of aromatic nitrogens is 4. The molecule has 1 aromatic carbocycles. The Morgan fingerprint density at radius 2 is 1.88 bits per heavy atom. The van der Waals surface area contributed by atoms with Crippen LogP contribution in [0.25, 0.3) is 11.2 Å². The van der Waals surface area contributed by atoms with Crippen LogP contribution in [-0.2, 0) is 24.9 Å². The van der Waals surface area contributed by atoms with E-state index in [4.69, 9.17) is 14.5 Å². The molecule has 1 aliphatic heterocycles. The number of piperidine rings is 1. The minimum Gasteiger partial charge on any atom is -0.492 e. The quantitative estimate of drug-likeness (QED) is 0.426. The van der Waals surface area contributed by atoms with Gasteiger partial charge in [-0.2, -0.15) is 4.98 Å². The normalized spacial score (nSPS) is 15.7. The molecule has 0 aliphatic carbocycles. The second-order valence-corrected chi connectivity index (χ2v) is 11.4. The van der Waals surface area contributed by atoms with Crippen LogP contribution in [0.4, 0.5) is 10.7 Å². The van der Waals surface area contributed by atoms with E-state index in [1.807, 2.05) is 75.6 Å². The van der Waals surface area contributed by atoms with Gasteiger partial charge in [0.05, 0.1) is 6.54 Å². The summed E-state index contributed by atoms with van der Waals surface area (Å²) < 4.78 is 15.7. The van der Waals surface area contributed by atoms with Crippen molar-refractivity contribution in [3.63, 3.8) is 0 Å². The summed E-state index contributed by atoms with van der Waals surface area (Å²) >= 11 is 0. The molecule has 3 heterocycles. The van der Waals surface area contributed by atoms with Gasteiger partial charge in [-0.3, -0.25) is 13.9 Å². The largest absolute Gasteiger partial charge is 0.492 e. The van der Waals surface area contributed by atoms with Gasteiger partial charge < -0.3 is 24.3 Å². The first kappa shape index (κ1) is 29.0. The number of benzene rings is 1. The number of amides is 1. The van der Waals surface area contributed by atoms with E-state index in [1.54, 1.807) is 7.05 Å². The molecule has 0 bridgehead atoms. The summed E-state index contributed by atoms with van der Waals surface area (Å²) in [4.78, 5) is 46.3. The molecule has 0 spiro atoms. The molecular formula is C29H40N6O5. The molecule has 11 nitrogen and oxygen atoms in total. The highest BCUT2D eigenvalue weighted by atomic mass is 16.6. The van der Waals surface area contributed by atoms with Gasteiger partial charge in [-0.15, -0.1) is 0 Å². The number of allylic oxidation sites excluding steroid dienone is 2. The van der Waals surface area contributed by atoms with E-state index in [0.717, 1.165) is 18.4 Å². The third kappa shape index (κ3) is 6.75. The average Bonchev–Trinajstić information content (AvgIpc) is 3.27. The molecule has 1 atom stereocenters. The van der Waals surface area contributed by atoms with E-state index in [-0.39, 0.29) is 19.2 Å². The molecule has 0 radical (unpaired) electrons. The van der Waals surface area contributed by atoms with Crippen molar-refractivity contribution in [2.45, 2.75) is 72.2 Å². The van der Waals surface area contributed by atoms with E-state index in [1.165, 1.54) is 9.13 Å². The van der Waals surface area contributed by atoms with Crippen molar-refractivity contribution in [2.75, 3.05) is 24.6 Å². The van der Waals surface area contributed by atoms with Crippen LogP contribution in [0.3, 0.4) is 0 Å². The summed E-state index contributed by atoms with van der Waals surface area (Å²) in [6.07, 6.45) is 3.20. The monoisotopic (exact) mass is 552 g/mol. The SMILES string of the molecule is CC(C)=CCn1c(N2CCCC(NC(=O)OC(C)(C)C)C2)nc2c1c(=O)n(CCOc1ccccc1)c(=O)n2C. The lowest BCUT2D eigenvalue weighted by molar-refractivity contribution is 0.0499. The van der Waals surface area contributed by atoms with Gasteiger partial charge in [0, 0.05) is 32.7 Å². The van der Waals surface area contributed by atoms with Gasteiger partial charge in [-0.1, -0.05) is 29.8 Å². The maximum atomic E-state index is 13.8. The van der Waals surface area contributed by atoms with Gasteiger partial charge in [0.15, 0.2) is 11.2 Å². The molecule has 1 unspecified atom stereocenters. The van der Waals surface area contributed by atoms with Crippen LogP contribution >= 0.6 is 0 Å². The number of carbonyl (C=O) groups is 1. The van der Waals surface area contributed by atoms with Crippen LogP contribution in [0.1, 0.15) is 47.5 Å². The Balaban J connectivity index is 1.68. The molecular weight excluding hydrogens is 512 g/mol.